The number of hydrogen-bond acceptors (Lipinski definition) is 5. The fourth-order valence-electron chi connectivity index (χ4n) is 1.89. The van der Waals surface area contributed by atoms with E-state index in [0.29, 0.717) is 5.90 Å². The number of aliphatic imine (C=N–C) groups is 1. The monoisotopic (exact) mass is 280 g/mol. The molecule has 0 unspecified atom stereocenters. The van der Waals surface area contributed by atoms with Crippen molar-refractivity contribution in [1.82, 2.24) is 4.98 Å². The molecule has 2 aromatic rings. The first-order valence-electron chi connectivity index (χ1n) is 6.33. The molecule has 0 saturated carbocycles. The van der Waals surface area contributed by atoms with E-state index in [1.165, 1.54) is 0 Å². The molecule has 0 bridgehead atoms. The van der Waals surface area contributed by atoms with E-state index in [0.717, 1.165) is 16.9 Å². The van der Waals surface area contributed by atoms with Crippen LogP contribution in [-0.2, 0) is 9.53 Å². The number of carbonyl (C=O) groups is 1. The molecule has 1 aromatic carbocycles. The van der Waals surface area contributed by atoms with Gasteiger partial charge in [-0.25, -0.2) is 9.79 Å². The zero-order valence-corrected chi connectivity index (χ0v) is 11.3. The molecule has 0 radical (unpaired) electrons. The highest BCUT2D eigenvalue weighted by atomic mass is 16.6. The Morgan fingerprint density at radius 3 is 2.48 bits per heavy atom. The summed E-state index contributed by atoms with van der Waals surface area (Å²) in [7, 11) is 1.60. The van der Waals surface area contributed by atoms with Crippen LogP contribution in [0.2, 0.25) is 0 Å². The second-order valence-corrected chi connectivity index (χ2v) is 4.35. The number of esters is 1. The Hall–Kier alpha value is -2.95. The highest BCUT2D eigenvalue weighted by Crippen LogP contribution is 2.20. The van der Waals surface area contributed by atoms with Crippen LogP contribution in [0, 0.1) is 0 Å². The first-order valence-corrected chi connectivity index (χ1v) is 6.33. The summed E-state index contributed by atoms with van der Waals surface area (Å²) in [5.41, 5.74) is 1.84. The van der Waals surface area contributed by atoms with Crippen LogP contribution in [0.3, 0.4) is 0 Å². The maximum Gasteiger partial charge on any atom is 0.363 e. The molecule has 0 saturated heterocycles. The predicted octanol–water partition coefficient (Wildman–Crippen LogP) is 2.43. The molecule has 1 aliphatic rings. The molecular formula is C16H12N2O3. The number of hydrogen-bond donors (Lipinski definition) is 0. The van der Waals surface area contributed by atoms with Gasteiger partial charge in [-0.2, -0.15) is 0 Å². The van der Waals surface area contributed by atoms with Crippen molar-refractivity contribution in [2.75, 3.05) is 7.11 Å². The summed E-state index contributed by atoms with van der Waals surface area (Å²) in [6.45, 7) is 0. The van der Waals surface area contributed by atoms with Gasteiger partial charge in [-0.3, -0.25) is 4.98 Å². The zero-order chi connectivity index (χ0) is 14.7. The second kappa shape index (κ2) is 5.58. The highest BCUT2D eigenvalue weighted by Gasteiger charge is 2.23. The van der Waals surface area contributed by atoms with Gasteiger partial charge in [0.1, 0.15) is 5.75 Å². The fraction of sp³-hybridized carbons (Fsp3) is 0.0625. The van der Waals surface area contributed by atoms with Gasteiger partial charge in [0.15, 0.2) is 5.70 Å². The molecule has 5 heteroatoms. The Bertz CT molecular complexity index is 719. The second-order valence-electron chi connectivity index (χ2n) is 4.35. The fourth-order valence-corrected chi connectivity index (χ4v) is 1.89. The lowest BCUT2D eigenvalue weighted by atomic mass is 10.2. The van der Waals surface area contributed by atoms with Crippen LogP contribution in [0.1, 0.15) is 11.1 Å². The maximum absolute atomic E-state index is 11.8. The summed E-state index contributed by atoms with van der Waals surface area (Å²) < 4.78 is 10.3. The van der Waals surface area contributed by atoms with Crippen molar-refractivity contribution < 1.29 is 14.3 Å². The summed E-state index contributed by atoms with van der Waals surface area (Å²) >= 11 is 0. The zero-order valence-electron chi connectivity index (χ0n) is 11.3. The Balaban J connectivity index is 1.89. The van der Waals surface area contributed by atoms with Crippen molar-refractivity contribution >= 4 is 17.9 Å². The number of nitrogens with zero attached hydrogens (tertiary/aromatic N) is 2. The van der Waals surface area contributed by atoms with Gasteiger partial charge in [0.2, 0.25) is 5.90 Å². The number of methoxy groups -OCH3 is 1. The molecule has 0 aliphatic carbocycles. The molecule has 0 atom stereocenters. The lowest BCUT2D eigenvalue weighted by Crippen LogP contribution is -2.05. The van der Waals surface area contributed by atoms with E-state index in [-0.39, 0.29) is 5.70 Å². The number of aromatic nitrogens is 1. The molecule has 0 amide bonds. The van der Waals surface area contributed by atoms with Crippen molar-refractivity contribution in [2.24, 2.45) is 4.99 Å². The van der Waals surface area contributed by atoms with Gasteiger partial charge in [-0.1, -0.05) is 12.1 Å². The maximum atomic E-state index is 11.8. The van der Waals surface area contributed by atoms with Crippen molar-refractivity contribution in [3.63, 3.8) is 0 Å². The largest absolute Gasteiger partial charge is 0.497 e. The summed E-state index contributed by atoms with van der Waals surface area (Å²) in [4.78, 5) is 20.0. The molecule has 0 spiro atoms. The van der Waals surface area contributed by atoms with Crippen molar-refractivity contribution in [2.45, 2.75) is 0 Å². The molecule has 1 aliphatic heterocycles. The summed E-state index contributed by atoms with van der Waals surface area (Å²) in [5.74, 6) is 0.590. The minimum Gasteiger partial charge on any atom is -0.497 e. The van der Waals surface area contributed by atoms with Crippen LogP contribution in [-0.4, -0.2) is 24.0 Å². The smallest absolute Gasteiger partial charge is 0.363 e. The van der Waals surface area contributed by atoms with Gasteiger partial charge in [-0.05, 0) is 35.9 Å². The van der Waals surface area contributed by atoms with Gasteiger partial charge < -0.3 is 9.47 Å². The molecule has 1 aromatic heterocycles. The quantitative estimate of drug-likeness (QED) is 0.640. The minimum atomic E-state index is -0.461. The summed E-state index contributed by atoms with van der Waals surface area (Å²) in [5, 5.41) is 0. The van der Waals surface area contributed by atoms with Gasteiger partial charge in [-0.15, -0.1) is 0 Å². The van der Waals surface area contributed by atoms with Gasteiger partial charge >= 0.3 is 5.97 Å². The number of pyridine rings is 1. The van der Waals surface area contributed by atoms with Crippen LogP contribution in [0.4, 0.5) is 0 Å². The molecule has 21 heavy (non-hydrogen) atoms. The standard InChI is InChI=1S/C16H12N2O3/c1-20-13-4-2-11(3-5-13)10-14-16(19)21-15(18-14)12-6-8-17-9-7-12/h2-10H,1H3/b14-10+. The van der Waals surface area contributed by atoms with Crippen LogP contribution in [0.5, 0.6) is 5.75 Å². The van der Waals surface area contributed by atoms with Crippen LogP contribution in [0.15, 0.2) is 59.5 Å². The predicted molar refractivity (Wildman–Crippen MR) is 77.8 cm³/mol. The lowest BCUT2D eigenvalue weighted by Gasteiger charge is -1.99. The van der Waals surface area contributed by atoms with Crippen LogP contribution < -0.4 is 4.74 Å². The Kier molecular flexibility index (Phi) is 3.47. The molecule has 3 rings (SSSR count). The third-order valence-electron chi connectivity index (χ3n) is 2.97. The third kappa shape index (κ3) is 2.81. The van der Waals surface area contributed by atoms with E-state index >= 15 is 0 Å². The van der Waals surface area contributed by atoms with E-state index in [1.54, 1.807) is 37.7 Å². The van der Waals surface area contributed by atoms with Crippen molar-refractivity contribution in [3.05, 3.63) is 65.6 Å². The van der Waals surface area contributed by atoms with E-state index in [1.807, 2.05) is 24.3 Å². The number of ether oxygens (including phenoxy) is 2. The number of carbonyl (C=O) groups excluding carboxylic acids is 1. The Morgan fingerprint density at radius 2 is 1.81 bits per heavy atom. The van der Waals surface area contributed by atoms with E-state index in [4.69, 9.17) is 9.47 Å². The molecular weight excluding hydrogens is 268 g/mol. The third-order valence-corrected chi connectivity index (χ3v) is 2.97. The van der Waals surface area contributed by atoms with E-state index < -0.39 is 5.97 Å². The highest BCUT2D eigenvalue weighted by molar-refractivity contribution is 6.12. The van der Waals surface area contributed by atoms with Crippen LogP contribution in [0.25, 0.3) is 6.08 Å². The SMILES string of the molecule is COc1ccc(/C=C2/N=C(c3ccncc3)OC2=O)cc1. The number of benzene rings is 1. The molecule has 5 nitrogen and oxygen atoms in total. The van der Waals surface area contributed by atoms with Crippen LogP contribution >= 0.6 is 0 Å². The summed E-state index contributed by atoms with van der Waals surface area (Å²) in [6.07, 6.45) is 4.92. The Labute approximate surface area is 121 Å². The Morgan fingerprint density at radius 1 is 1.10 bits per heavy atom. The van der Waals surface area contributed by atoms with Crippen molar-refractivity contribution in [1.29, 1.82) is 0 Å². The average Bonchev–Trinajstić information content (AvgIpc) is 2.90. The lowest BCUT2D eigenvalue weighted by molar-refractivity contribution is -0.129. The normalized spacial score (nSPS) is 15.8. The molecule has 104 valence electrons. The molecule has 0 N–H and O–H groups in total. The first kappa shape index (κ1) is 13.1. The van der Waals surface area contributed by atoms with E-state index in [2.05, 4.69) is 9.98 Å². The summed E-state index contributed by atoms with van der Waals surface area (Å²) in [6, 6.07) is 10.8. The first-order chi connectivity index (χ1) is 10.3. The minimum absolute atomic E-state index is 0.270. The molecule has 2 heterocycles. The van der Waals surface area contributed by atoms with Gasteiger partial charge in [0, 0.05) is 18.0 Å². The number of rotatable bonds is 3. The topological polar surface area (TPSA) is 60.8 Å². The molecule has 0 fully saturated rings. The average molecular weight is 280 g/mol. The number of cyclic esters (lactones) is 1. The van der Waals surface area contributed by atoms with Crippen molar-refractivity contribution in [3.8, 4) is 5.75 Å². The van der Waals surface area contributed by atoms with Gasteiger partial charge in [0.25, 0.3) is 0 Å². The van der Waals surface area contributed by atoms with E-state index in [9.17, 15) is 4.79 Å². The van der Waals surface area contributed by atoms with Gasteiger partial charge in [0.05, 0.1) is 7.11 Å².